The van der Waals surface area contributed by atoms with Crippen molar-refractivity contribution in [3.8, 4) is 5.69 Å². The average molecular weight is 371 g/mol. The highest BCUT2D eigenvalue weighted by Gasteiger charge is 2.15. The maximum Gasteiger partial charge on any atom is 0.164 e. The van der Waals surface area contributed by atoms with Gasteiger partial charge in [0.2, 0.25) is 0 Å². The molecule has 102 valence electrons. The second kappa shape index (κ2) is 5.35. The number of aryl methyl sites for hydroxylation is 1. The maximum atomic E-state index is 6.33. The summed E-state index contributed by atoms with van der Waals surface area (Å²) >= 11 is 15.7. The zero-order chi connectivity index (χ0) is 14.3. The lowest BCUT2D eigenvalue weighted by Gasteiger charge is -2.09. The monoisotopic (exact) mass is 369 g/mol. The van der Waals surface area contributed by atoms with Gasteiger partial charge in [0, 0.05) is 10.7 Å². The van der Waals surface area contributed by atoms with Crippen LogP contribution in [-0.2, 0) is 5.88 Å². The van der Waals surface area contributed by atoms with E-state index in [-0.39, 0.29) is 0 Å². The van der Waals surface area contributed by atoms with E-state index < -0.39 is 0 Å². The number of rotatable bonds is 2. The second-order valence-corrected chi connectivity index (χ2v) is 6.04. The van der Waals surface area contributed by atoms with Crippen LogP contribution in [0.25, 0.3) is 16.9 Å². The van der Waals surface area contributed by atoms with Crippen molar-refractivity contribution in [2.45, 2.75) is 12.8 Å². The van der Waals surface area contributed by atoms with Gasteiger partial charge in [-0.25, -0.2) is 9.97 Å². The Balaban J connectivity index is 2.34. The lowest BCUT2D eigenvalue weighted by Crippen LogP contribution is -2.01. The molecule has 0 saturated carbocycles. The number of benzene rings is 1. The summed E-state index contributed by atoms with van der Waals surface area (Å²) in [4.78, 5) is 8.99. The van der Waals surface area contributed by atoms with Gasteiger partial charge in [-0.05, 0) is 36.8 Å². The standard InChI is InChI=1S/C14H10BrCl2N3/c1-8-4-11-14(18-7-8)20(13(6-16)19-11)12-3-2-9(15)5-10(12)17/h2-5,7H,6H2,1H3. The van der Waals surface area contributed by atoms with E-state index in [9.17, 15) is 0 Å². The smallest absolute Gasteiger partial charge is 0.164 e. The highest BCUT2D eigenvalue weighted by atomic mass is 79.9. The normalized spacial score (nSPS) is 11.2. The van der Waals surface area contributed by atoms with Crippen molar-refractivity contribution in [1.82, 2.24) is 14.5 Å². The molecule has 0 aliphatic carbocycles. The van der Waals surface area contributed by atoms with Gasteiger partial charge >= 0.3 is 0 Å². The molecule has 0 unspecified atom stereocenters. The van der Waals surface area contributed by atoms with Crippen molar-refractivity contribution in [2.75, 3.05) is 0 Å². The van der Waals surface area contributed by atoms with Gasteiger partial charge < -0.3 is 0 Å². The van der Waals surface area contributed by atoms with Crippen LogP contribution in [0.2, 0.25) is 5.02 Å². The molecule has 0 amide bonds. The van der Waals surface area contributed by atoms with Crippen molar-refractivity contribution in [2.24, 2.45) is 0 Å². The third-order valence-electron chi connectivity index (χ3n) is 2.97. The molecule has 3 rings (SSSR count). The minimum absolute atomic E-state index is 0.293. The van der Waals surface area contributed by atoms with Gasteiger partial charge in [-0.3, -0.25) is 4.57 Å². The molecular weight excluding hydrogens is 361 g/mol. The molecule has 6 heteroatoms. The van der Waals surface area contributed by atoms with Crippen LogP contribution in [-0.4, -0.2) is 14.5 Å². The van der Waals surface area contributed by atoms with E-state index >= 15 is 0 Å². The summed E-state index contributed by atoms with van der Waals surface area (Å²) in [6.45, 7) is 1.98. The Morgan fingerprint density at radius 3 is 2.80 bits per heavy atom. The first-order chi connectivity index (χ1) is 9.60. The fourth-order valence-corrected chi connectivity index (χ4v) is 3.06. The number of hydrogen-bond donors (Lipinski definition) is 0. The molecule has 0 saturated heterocycles. The Kier molecular flexibility index (Phi) is 3.71. The van der Waals surface area contributed by atoms with Gasteiger partial charge in [0.05, 0.1) is 16.6 Å². The molecular formula is C14H10BrCl2N3. The topological polar surface area (TPSA) is 30.7 Å². The van der Waals surface area contributed by atoms with Crippen molar-refractivity contribution in [1.29, 1.82) is 0 Å². The van der Waals surface area contributed by atoms with Crippen molar-refractivity contribution in [3.63, 3.8) is 0 Å². The van der Waals surface area contributed by atoms with E-state index in [2.05, 4.69) is 25.9 Å². The first-order valence-corrected chi connectivity index (χ1v) is 7.66. The Hall–Kier alpha value is -1.10. The molecule has 3 nitrogen and oxygen atoms in total. The summed E-state index contributed by atoms with van der Waals surface area (Å²) < 4.78 is 2.82. The van der Waals surface area contributed by atoms with E-state index in [1.807, 2.05) is 42.0 Å². The lowest BCUT2D eigenvalue weighted by atomic mass is 10.3. The molecule has 0 aliphatic heterocycles. The van der Waals surface area contributed by atoms with E-state index in [0.29, 0.717) is 10.9 Å². The van der Waals surface area contributed by atoms with Crippen molar-refractivity contribution < 1.29 is 0 Å². The zero-order valence-electron chi connectivity index (χ0n) is 10.6. The average Bonchev–Trinajstić information content (AvgIpc) is 2.76. The summed E-state index contributed by atoms with van der Waals surface area (Å²) in [5.74, 6) is 1.02. The SMILES string of the molecule is Cc1cnc2c(c1)nc(CCl)n2-c1ccc(Br)cc1Cl. The van der Waals surface area contributed by atoms with Crippen LogP contribution in [0.1, 0.15) is 11.4 Å². The Labute approximate surface area is 134 Å². The quantitative estimate of drug-likeness (QED) is 0.601. The predicted molar refractivity (Wildman–Crippen MR) is 85.9 cm³/mol. The lowest BCUT2D eigenvalue weighted by molar-refractivity contribution is 0.969. The molecule has 0 spiro atoms. The zero-order valence-corrected chi connectivity index (χ0v) is 13.7. The van der Waals surface area contributed by atoms with Crippen LogP contribution in [0.15, 0.2) is 34.9 Å². The van der Waals surface area contributed by atoms with Crippen LogP contribution in [0.5, 0.6) is 0 Å². The van der Waals surface area contributed by atoms with Crippen LogP contribution in [0.4, 0.5) is 0 Å². The molecule has 3 aromatic rings. The summed E-state index contributed by atoms with van der Waals surface area (Å²) in [5, 5.41) is 0.618. The van der Waals surface area contributed by atoms with E-state index in [1.165, 1.54) is 0 Å². The fraction of sp³-hybridized carbons (Fsp3) is 0.143. The second-order valence-electron chi connectivity index (χ2n) is 4.45. The Morgan fingerprint density at radius 2 is 2.10 bits per heavy atom. The minimum atomic E-state index is 0.293. The number of halogens is 3. The number of fused-ring (bicyclic) bond motifs is 1. The van der Waals surface area contributed by atoms with Crippen LogP contribution in [0, 0.1) is 6.92 Å². The van der Waals surface area contributed by atoms with Crippen LogP contribution in [0.3, 0.4) is 0 Å². The van der Waals surface area contributed by atoms with Gasteiger partial charge in [-0.2, -0.15) is 0 Å². The largest absolute Gasteiger partial charge is 0.278 e. The molecule has 0 atom stereocenters. The summed E-state index contributed by atoms with van der Waals surface area (Å²) in [6, 6.07) is 7.68. The van der Waals surface area contributed by atoms with Crippen molar-refractivity contribution in [3.05, 3.63) is 51.3 Å². The molecule has 0 N–H and O–H groups in total. The molecule has 20 heavy (non-hydrogen) atoms. The number of imidazole rings is 1. The van der Waals surface area contributed by atoms with Gasteiger partial charge in [-0.1, -0.05) is 27.5 Å². The number of pyridine rings is 1. The number of nitrogens with zero attached hydrogens (tertiary/aromatic N) is 3. The highest BCUT2D eigenvalue weighted by Crippen LogP contribution is 2.29. The fourth-order valence-electron chi connectivity index (χ4n) is 2.12. The van der Waals surface area contributed by atoms with Crippen LogP contribution >= 0.6 is 39.1 Å². The highest BCUT2D eigenvalue weighted by molar-refractivity contribution is 9.10. The van der Waals surface area contributed by atoms with Gasteiger partial charge in [0.25, 0.3) is 0 Å². The van der Waals surface area contributed by atoms with Gasteiger partial charge in [0.1, 0.15) is 11.3 Å². The maximum absolute atomic E-state index is 6.33. The molecule has 1 aromatic carbocycles. The molecule has 0 aliphatic rings. The van der Waals surface area contributed by atoms with E-state index in [0.717, 1.165) is 32.7 Å². The van der Waals surface area contributed by atoms with Crippen LogP contribution < -0.4 is 0 Å². The summed E-state index contributed by atoms with van der Waals surface area (Å²) in [6.07, 6.45) is 1.81. The van der Waals surface area contributed by atoms with Gasteiger partial charge in [0.15, 0.2) is 5.65 Å². The third kappa shape index (κ3) is 2.32. The van der Waals surface area contributed by atoms with Gasteiger partial charge in [-0.15, -0.1) is 11.6 Å². The minimum Gasteiger partial charge on any atom is -0.278 e. The number of hydrogen-bond acceptors (Lipinski definition) is 2. The van der Waals surface area contributed by atoms with Crippen molar-refractivity contribution >= 4 is 50.3 Å². The van der Waals surface area contributed by atoms with E-state index in [4.69, 9.17) is 23.2 Å². The molecule has 2 heterocycles. The molecule has 0 radical (unpaired) electrons. The third-order valence-corrected chi connectivity index (χ3v) is 4.01. The summed E-state index contributed by atoms with van der Waals surface area (Å²) in [5.41, 5.74) is 3.46. The Bertz CT molecular complexity index is 798. The molecule has 0 fully saturated rings. The predicted octanol–water partition coefficient (Wildman–Crippen LogP) is 4.88. The number of aromatic nitrogens is 3. The number of alkyl halides is 1. The first kappa shape index (κ1) is 13.9. The molecule has 2 aromatic heterocycles. The van der Waals surface area contributed by atoms with E-state index in [1.54, 1.807) is 0 Å². The summed E-state index contributed by atoms with van der Waals surface area (Å²) in [7, 11) is 0. The Morgan fingerprint density at radius 1 is 1.30 bits per heavy atom. The molecule has 0 bridgehead atoms. The first-order valence-electron chi connectivity index (χ1n) is 5.95.